The highest BCUT2D eigenvalue weighted by Crippen LogP contribution is 2.35. The Kier molecular flexibility index (Phi) is 3.10. The lowest BCUT2D eigenvalue weighted by Crippen LogP contribution is -2.49. The van der Waals surface area contributed by atoms with Crippen LogP contribution in [-0.2, 0) is 4.74 Å². The van der Waals surface area contributed by atoms with E-state index in [0.717, 1.165) is 39.0 Å². The third kappa shape index (κ3) is 1.95. The van der Waals surface area contributed by atoms with E-state index in [0.29, 0.717) is 12.5 Å². The van der Waals surface area contributed by atoms with Crippen LogP contribution in [0.25, 0.3) is 0 Å². The third-order valence-electron chi connectivity index (χ3n) is 3.59. The largest absolute Gasteiger partial charge is 0.387 e. The minimum absolute atomic E-state index is 0.452. The molecule has 3 unspecified atom stereocenters. The number of rotatable bonds is 4. The van der Waals surface area contributed by atoms with Crippen molar-refractivity contribution in [1.29, 1.82) is 0 Å². The Balaban J connectivity index is 1.87. The first-order valence-electron chi connectivity index (χ1n) is 5.77. The Labute approximate surface area is 86.0 Å². The molecule has 3 atom stereocenters. The molecule has 0 aromatic rings. The summed E-state index contributed by atoms with van der Waals surface area (Å²) in [4.78, 5) is 2.44. The zero-order chi connectivity index (χ0) is 10.0. The lowest BCUT2D eigenvalue weighted by molar-refractivity contribution is -0.101. The molecule has 82 valence electrons. The van der Waals surface area contributed by atoms with Gasteiger partial charge >= 0.3 is 0 Å². The zero-order valence-corrected chi connectivity index (χ0v) is 9.04. The summed E-state index contributed by atoms with van der Waals surface area (Å²) < 4.78 is 5.51. The van der Waals surface area contributed by atoms with Crippen LogP contribution in [0, 0.1) is 5.92 Å². The van der Waals surface area contributed by atoms with E-state index in [2.05, 4.69) is 11.8 Å². The van der Waals surface area contributed by atoms with Gasteiger partial charge in [0.05, 0.1) is 12.2 Å². The van der Waals surface area contributed by atoms with E-state index in [9.17, 15) is 5.11 Å². The Morgan fingerprint density at radius 3 is 3.14 bits per heavy atom. The molecule has 2 fully saturated rings. The number of aliphatic hydroxyl groups is 1. The summed E-state index contributed by atoms with van der Waals surface area (Å²) in [5.41, 5.74) is -0.526. The summed E-state index contributed by atoms with van der Waals surface area (Å²) in [5, 5.41) is 10.4. The summed E-state index contributed by atoms with van der Waals surface area (Å²) in [6.07, 6.45) is 3.07. The number of fused-ring (bicyclic) bond motifs is 2. The number of ether oxygens (including phenoxy) is 1. The molecule has 2 aliphatic rings. The lowest BCUT2D eigenvalue weighted by Gasteiger charge is -2.38. The molecular weight excluding hydrogens is 178 g/mol. The van der Waals surface area contributed by atoms with Crippen LogP contribution in [0.5, 0.6) is 0 Å². The van der Waals surface area contributed by atoms with Gasteiger partial charge in [0.2, 0.25) is 0 Å². The van der Waals surface area contributed by atoms with Gasteiger partial charge in [0.15, 0.2) is 0 Å². The number of nitrogens with zero attached hydrogens (tertiary/aromatic N) is 1. The number of hydrogen-bond acceptors (Lipinski definition) is 3. The van der Waals surface area contributed by atoms with E-state index in [1.165, 1.54) is 6.54 Å². The van der Waals surface area contributed by atoms with Crippen LogP contribution in [0.2, 0.25) is 0 Å². The van der Waals surface area contributed by atoms with Crippen molar-refractivity contribution >= 4 is 0 Å². The molecule has 2 saturated heterocycles. The lowest BCUT2D eigenvalue weighted by atomic mass is 9.83. The maximum absolute atomic E-state index is 10.4. The summed E-state index contributed by atoms with van der Waals surface area (Å²) >= 11 is 0. The smallest absolute Gasteiger partial charge is 0.0932 e. The predicted octanol–water partition coefficient (Wildman–Crippen LogP) is 0.870. The summed E-state index contributed by atoms with van der Waals surface area (Å²) in [5.74, 6) is 0.452. The van der Waals surface area contributed by atoms with E-state index in [-0.39, 0.29) is 0 Å². The van der Waals surface area contributed by atoms with Crippen molar-refractivity contribution in [1.82, 2.24) is 4.90 Å². The van der Waals surface area contributed by atoms with E-state index >= 15 is 0 Å². The van der Waals surface area contributed by atoms with Gasteiger partial charge in [0, 0.05) is 25.6 Å². The Bertz CT molecular complexity index is 198. The molecule has 0 aliphatic carbocycles. The molecule has 0 radical (unpaired) electrons. The van der Waals surface area contributed by atoms with Crippen LogP contribution >= 0.6 is 0 Å². The van der Waals surface area contributed by atoms with Gasteiger partial charge in [-0.15, -0.1) is 0 Å². The molecule has 0 aromatic heterocycles. The average Bonchev–Trinajstić information content (AvgIpc) is 2.59. The fourth-order valence-electron chi connectivity index (χ4n) is 2.61. The minimum Gasteiger partial charge on any atom is -0.387 e. The fraction of sp³-hybridized carbons (Fsp3) is 1.00. The third-order valence-corrected chi connectivity index (χ3v) is 3.59. The maximum atomic E-state index is 10.4. The summed E-state index contributed by atoms with van der Waals surface area (Å²) in [7, 11) is 0. The first kappa shape index (κ1) is 10.4. The highest BCUT2D eigenvalue weighted by atomic mass is 16.5. The van der Waals surface area contributed by atoms with Gasteiger partial charge in [0.1, 0.15) is 0 Å². The molecule has 2 heterocycles. The number of piperidine rings is 1. The second-order valence-electron chi connectivity index (χ2n) is 4.69. The van der Waals surface area contributed by atoms with Crippen LogP contribution in [0.3, 0.4) is 0 Å². The quantitative estimate of drug-likeness (QED) is 0.682. The standard InChI is InChI=1S/C11H21NO2/c1-2-7-14-9-11(13)4-6-12-5-3-10(11)8-12/h10,13H,2-9H2,1H3. The van der Waals surface area contributed by atoms with Crippen molar-refractivity contribution in [3.05, 3.63) is 0 Å². The van der Waals surface area contributed by atoms with Crippen LogP contribution < -0.4 is 0 Å². The second kappa shape index (κ2) is 4.17. The van der Waals surface area contributed by atoms with Gasteiger partial charge in [0.25, 0.3) is 0 Å². The van der Waals surface area contributed by atoms with Crippen molar-refractivity contribution in [2.75, 3.05) is 32.8 Å². The van der Waals surface area contributed by atoms with Crippen LogP contribution in [-0.4, -0.2) is 48.5 Å². The second-order valence-corrected chi connectivity index (χ2v) is 4.69. The van der Waals surface area contributed by atoms with Crippen molar-refractivity contribution in [3.63, 3.8) is 0 Å². The minimum atomic E-state index is -0.526. The van der Waals surface area contributed by atoms with Crippen molar-refractivity contribution in [2.24, 2.45) is 5.92 Å². The summed E-state index contributed by atoms with van der Waals surface area (Å²) in [6, 6.07) is 0. The van der Waals surface area contributed by atoms with E-state index < -0.39 is 5.60 Å². The van der Waals surface area contributed by atoms with Gasteiger partial charge in [-0.3, -0.25) is 0 Å². The van der Waals surface area contributed by atoms with E-state index in [1.54, 1.807) is 0 Å². The van der Waals surface area contributed by atoms with Crippen molar-refractivity contribution < 1.29 is 9.84 Å². The molecular formula is C11H21NO2. The Hall–Kier alpha value is -0.120. The van der Waals surface area contributed by atoms with Crippen LogP contribution in [0.15, 0.2) is 0 Å². The molecule has 0 saturated carbocycles. The van der Waals surface area contributed by atoms with Gasteiger partial charge in [-0.05, 0) is 25.8 Å². The first-order chi connectivity index (χ1) is 6.74. The zero-order valence-electron chi connectivity index (χ0n) is 9.04. The Morgan fingerprint density at radius 1 is 1.50 bits per heavy atom. The Morgan fingerprint density at radius 2 is 2.36 bits per heavy atom. The van der Waals surface area contributed by atoms with Gasteiger partial charge in [-0.25, -0.2) is 0 Å². The number of hydrogen-bond donors (Lipinski definition) is 1. The van der Waals surface area contributed by atoms with Crippen LogP contribution in [0.1, 0.15) is 26.2 Å². The molecule has 14 heavy (non-hydrogen) atoms. The van der Waals surface area contributed by atoms with Crippen LogP contribution in [0.4, 0.5) is 0 Å². The maximum Gasteiger partial charge on any atom is 0.0932 e. The van der Waals surface area contributed by atoms with Gasteiger partial charge in [-0.1, -0.05) is 6.92 Å². The molecule has 2 bridgehead atoms. The van der Waals surface area contributed by atoms with Crippen molar-refractivity contribution in [2.45, 2.75) is 31.8 Å². The molecule has 0 aromatic carbocycles. The fourth-order valence-corrected chi connectivity index (χ4v) is 2.61. The van der Waals surface area contributed by atoms with Crippen molar-refractivity contribution in [3.8, 4) is 0 Å². The highest BCUT2D eigenvalue weighted by Gasteiger charge is 2.44. The SMILES string of the molecule is CCCOCC1(O)CCN2CCC1C2. The first-order valence-corrected chi connectivity index (χ1v) is 5.77. The topological polar surface area (TPSA) is 32.7 Å². The van der Waals surface area contributed by atoms with E-state index in [1.807, 2.05) is 0 Å². The predicted molar refractivity (Wildman–Crippen MR) is 55.2 cm³/mol. The average molecular weight is 199 g/mol. The monoisotopic (exact) mass is 199 g/mol. The molecule has 0 amide bonds. The molecule has 2 aliphatic heterocycles. The molecule has 2 rings (SSSR count). The van der Waals surface area contributed by atoms with Gasteiger partial charge in [-0.2, -0.15) is 0 Å². The molecule has 0 spiro atoms. The molecule has 3 heteroatoms. The normalized spacial score (nSPS) is 41.6. The molecule has 1 N–H and O–H groups in total. The molecule has 3 nitrogen and oxygen atoms in total. The van der Waals surface area contributed by atoms with E-state index in [4.69, 9.17) is 4.74 Å². The summed E-state index contributed by atoms with van der Waals surface area (Å²) in [6.45, 7) is 6.70. The van der Waals surface area contributed by atoms with Gasteiger partial charge < -0.3 is 14.7 Å². The highest BCUT2D eigenvalue weighted by molar-refractivity contribution is 4.97.